The van der Waals surface area contributed by atoms with E-state index in [-0.39, 0.29) is 110 Å². The second-order valence-electron chi connectivity index (χ2n) is 16.3. The zero-order valence-electron chi connectivity index (χ0n) is 46.3. The molecule has 0 saturated heterocycles. The zero-order valence-corrected chi connectivity index (χ0v) is 46.3. The maximum atomic E-state index is 14.0. The molecule has 0 unspecified atom stereocenters. The van der Waals surface area contributed by atoms with E-state index in [1.807, 2.05) is 0 Å². The quantitative estimate of drug-likeness (QED) is 0.0345. The third-order valence-corrected chi connectivity index (χ3v) is 10.6. The first-order valence-corrected chi connectivity index (χ1v) is 25.9. The van der Waals surface area contributed by atoms with Crippen molar-refractivity contribution in [1.82, 2.24) is 27.4 Å². The van der Waals surface area contributed by atoms with Gasteiger partial charge in [0.05, 0.1) is 184 Å². The highest BCUT2D eigenvalue weighted by Gasteiger charge is 2.23. The first-order valence-electron chi connectivity index (χ1n) is 25.9. The van der Waals surface area contributed by atoms with Gasteiger partial charge in [0.25, 0.3) is 0 Å². The Kier molecular flexibility index (Phi) is 39.7. The van der Waals surface area contributed by atoms with Crippen molar-refractivity contribution in [2.75, 3.05) is 194 Å². The van der Waals surface area contributed by atoms with E-state index in [1.54, 1.807) is 0 Å². The minimum atomic E-state index is -1.47. The fraction of sp³-hybridized carbons (Fsp3) is 0.792. The number of nitrogens with zero attached hydrogens (tertiary/aromatic N) is 6. The highest BCUT2D eigenvalue weighted by molar-refractivity contribution is 5.78. The third-order valence-electron chi connectivity index (χ3n) is 10.6. The number of hydrogen-bond acceptors (Lipinski definition) is 26. The Bertz CT molecular complexity index is 2350. The minimum Gasteiger partial charge on any atom is -0.463 e. The molecule has 0 aliphatic rings. The topological polar surface area (TPSA) is 348 Å². The summed E-state index contributed by atoms with van der Waals surface area (Å²) in [5, 5.41) is 0. The molecule has 458 valence electrons. The van der Waals surface area contributed by atoms with Gasteiger partial charge in [0.2, 0.25) is 5.91 Å². The van der Waals surface area contributed by atoms with Crippen molar-refractivity contribution < 1.29 is 95.0 Å². The van der Waals surface area contributed by atoms with Gasteiger partial charge in [-0.05, 0) is 0 Å². The number of hydrogen-bond donors (Lipinski definition) is 0. The Morgan fingerprint density at radius 2 is 0.475 bits per heavy atom. The number of aromatic nitrogens is 6. The summed E-state index contributed by atoms with van der Waals surface area (Å²) in [7, 11) is 6.13. The van der Waals surface area contributed by atoms with Gasteiger partial charge in [-0.3, -0.25) is 19.2 Å². The summed E-state index contributed by atoms with van der Waals surface area (Å²) in [5.74, 6) is -3.72. The van der Waals surface area contributed by atoms with Crippen molar-refractivity contribution in [1.29, 1.82) is 0 Å². The molecule has 0 aromatic carbocycles. The van der Waals surface area contributed by atoms with Crippen LogP contribution < -0.4 is 34.1 Å². The molecule has 0 fully saturated rings. The molecule has 32 nitrogen and oxygen atoms in total. The van der Waals surface area contributed by atoms with E-state index in [0.717, 1.165) is 0 Å². The van der Waals surface area contributed by atoms with Crippen LogP contribution in [0.15, 0.2) is 28.8 Å². The van der Waals surface area contributed by atoms with Crippen LogP contribution in [0, 0.1) is 0 Å². The normalized spacial score (nSPS) is 11.3. The molecule has 2 aromatic heterocycles. The maximum Gasteiger partial charge on any atom is 0.343 e. The Morgan fingerprint density at radius 1 is 0.263 bits per heavy atom. The summed E-state index contributed by atoms with van der Waals surface area (Å²) < 4.78 is 85.7. The van der Waals surface area contributed by atoms with Gasteiger partial charge < -0.3 is 75.8 Å². The van der Waals surface area contributed by atoms with E-state index in [0.29, 0.717) is 82.3 Å². The molecular formula is C48H80N6O26. The van der Waals surface area contributed by atoms with Gasteiger partial charge in [0.1, 0.15) is 19.8 Å². The number of rotatable bonds is 51. The summed E-state index contributed by atoms with van der Waals surface area (Å²) in [6.07, 6.45) is -2.28. The molecule has 32 heteroatoms. The molecule has 80 heavy (non-hydrogen) atoms. The smallest absolute Gasteiger partial charge is 0.343 e. The van der Waals surface area contributed by atoms with Crippen LogP contribution in [0.25, 0.3) is 0 Å². The Balaban J connectivity index is 2.40. The van der Waals surface area contributed by atoms with Crippen LogP contribution in [0.4, 0.5) is 0 Å². The second kappa shape index (κ2) is 45.0. The van der Waals surface area contributed by atoms with Gasteiger partial charge in [-0.1, -0.05) is 0 Å². The molecule has 0 atom stereocenters. The molecular weight excluding hydrogens is 1080 g/mol. The summed E-state index contributed by atoms with van der Waals surface area (Å²) in [6.45, 7) is 0.417. The first kappa shape index (κ1) is 70.5. The Morgan fingerprint density at radius 3 is 0.750 bits per heavy atom. The van der Waals surface area contributed by atoms with Gasteiger partial charge in [-0.25, -0.2) is 51.6 Å². The Labute approximate surface area is 460 Å². The van der Waals surface area contributed by atoms with E-state index >= 15 is 0 Å². The van der Waals surface area contributed by atoms with Crippen LogP contribution in [-0.4, -0.2) is 245 Å². The Hall–Kier alpha value is -5.62. The van der Waals surface area contributed by atoms with Crippen molar-refractivity contribution in [2.45, 2.75) is 58.4 Å². The van der Waals surface area contributed by atoms with Gasteiger partial charge >= 0.3 is 52.0 Å². The van der Waals surface area contributed by atoms with Crippen molar-refractivity contribution in [2.24, 2.45) is 0 Å². The van der Waals surface area contributed by atoms with E-state index in [4.69, 9.17) is 75.8 Å². The maximum absolute atomic E-state index is 14.0. The number of carbonyl (C=O) groups is 4. The summed E-state index contributed by atoms with van der Waals surface area (Å²) in [4.78, 5) is 135. The van der Waals surface area contributed by atoms with Gasteiger partial charge in [-0.2, -0.15) is 4.57 Å². The van der Waals surface area contributed by atoms with Crippen LogP contribution in [0.1, 0.15) is 30.5 Å². The molecule has 0 saturated carbocycles. The molecule has 0 radical (unpaired) electrons. The van der Waals surface area contributed by atoms with Crippen molar-refractivity contribution >= 4 is 23.8 Å². The van der Waals surface area contributed by atoms with Crippen LogP contribution >= 0.6 is 0 Å². The SMILES string of the molecule is COCCOCCOCCOCCC(=O)n1c(=O)n(CCC(=O)OCCOCCOCCOC)c(=O)n(CCn2c(=O)n(CCC(=O)OCCOCCOCCOC)c(=O)n(CCC(=O)OCCOCCOCCOC)c2=O)c1=O. The molecule has 2 rings (SSSR count). The van der Waals surface area contributed by atoms with Gasteiger partial charge in [0, 0.05) is 48.1 Å². The number of methoxy groups -OCH3 is 4. The molecule has 2 heterocycles. The number of esters is 3. The van der Waals surface area contributed by atoms with Crippen LogP contribution in [0.5, 0.6) is 0 Å². The van der Waals surface area contributed by atoms with Crippen LogP contribution in [0.3, 0.4) is 0 Å². The molecule has 0 amide bonds. The zero-order chi connectivity index (χ0) is 58.6. The van der Waals surface area contributed by atoms with E-state index in [9.17, 15) is 47.9 Å². The van der Waals surface area contributed by atoms with E-state index in [1.165, 1.54) is 28.4 Å². The lowest BCUT2D eigenvalue weighted by Gasteiger charge is -2.16. The summed E-state index contributed by atoms with van der Waals surface area (Å²) >= 11 is 0. The lowest BCUT2D eigenvalue weighted by molar-refractivity contribution is -0.146. The first-order chi connectivity index (χ1) is 38.8. The average molecular weight is 1160 g/mol. The predicted molar refractivity (Wildman–Crippen MR) is 275 cm³/mol. The molecule has 2 aromatic rings. The number of ether oxygens (including phenoxy) is 16. The summed E-state index contributed by atoms with van der Waals surface area (Å²) in [6, 6.07) is 0. The fourth-order valence-corrected chi connectivity index (χ4v) is 6.50. The number of carbonyl (C=O) groups excluding carboxylic acids is 4. The lowest BCUT2D eigenvalue weighted by atomic mass is 10.4. The van der Waals surface area contributed by atoms with E-state index in [2.05, 4.69) is 0 Å². The van der Waals surface area contributed by atoms with Crippen molar-refractivity contribution in [3.05, 3.63) is 62.9 Å². The van der Waals surface area contributed by atoms with Crippen LogP contribution in [-0.2, 0) is 123 Å². The highest BCUT2D eigenvalue weighted by Crippen LogP contribution is 1.96. The average Bonchev–Trinajstić information content (AvgIpc) is 3.44. The van der Waals surface area contributed by atoms with Crippen molar-refractivity contribution in [3.8, 4) is 0 Å². The highest BCUT2D eigenvalue weighted by atomic mass is 16.6. The predicted octanol–water partition coefficient (Wildman–Crippen LogP) is -4.08. The molecule has 0 spiro atoms. The third kappa shape index (κ3) is 29.2. The van der Waals surface area contributed by atoms with Gasteiger partial charge in [-0.15, -0.1) is 0 Å². The fourth-order valence-electron chi connectivity index (χ4n) is 6.50. The minimum absolute atomic E-state index is 0.00850. The molecule has 0 aliphatic heterocycles. The van der Waals surface area contributed by atoms with Crippen molar-refractivity contribution in [3.63, 3.8) is 0 Å². The standard InChI is InChI=1S/C48H80N6O26/c1-65-15-19-70-25-29-74-24-23-69-14-8-39(55)54-47(63)51(11-7-42(58)80-38-35-77-32-28-73-22-18-68-4)46(62)53(48(54)64)13-12-52-44(60)49(9-5-40(56)78-36-33-75-30-26-71-20-16-66-2)43(59)50(45(52)61)10-6-41(57)79-37-34-76-31-27-72-21-17-67-3/h5-38H2,1-4H3. The molecule has 0 bridgehead atoms. The largest absolute Gasteiger partial charge is 0.463 e. The summed E-state index contributed by atoms with van der Waals surface area (Å²) in [5.41, 5.74) is -8.04. The molecule has 0 N–H and O–H groups in total. The van der Waals surface area contributed by atoms with E-state index < -0.39 is 116 Å². The van der Waals surface area contributed by atoms with Gasteiger partial charge in [0.15, 0.2) is 0 Å². The monoisotopic (exact) mass is 1160 g/mol. The lowest BCUT2D eigenvalue weighted by Crippen LogP contribution is -2.58. The molecule has 0 aliphatic carbocycles. The second-order valence-corrected chi connectivity index (χ2v) is 16.3. The van der Waals surface area contributed by atoms with Crippen LogP contribution in [0.2, 0.25) is 0 Å².